The summed E-state index contributed by atoms with van der Waals surface area (Å²) >= 11 is 0. The maximum absolute atomic E-state index is 5.03. The molecule has 0 radical (unpaired) electrons. The van der Waals surface area contributed by atoms with Crippen molar-refractivity contribution in [3.8, 4) is 11.3 Å². The van der Waals surface area contributed by atoms with E-state index in [9.17, 15) is 0 Å². The summed E-state index contributed by atoms with van der Waals surface area (Å²) in [5.74, 6) is 0. The molecule has 0 saturated carbocycles. The predicted molar refractivity (Wildman–Crippen MR) is 133 cm³/mol. The first kappa shape index (κ1) is 21.6. The highest BCUT2D eigenvalue weighted by atomic mass is 15.2. The third-order valence-corrected chi connectivity index (χ3v) is 6.17. The van der Waals surface area contributed by atoms with Crippen LogP contribution in [0, 0.1) is 13.8 Å². The van der Waals surface area contributed by atoms with Crippen LogP contribution in [0.15, 0.2) is 42.5 Å². The first-order valence-electron chi connectivity index (χ1n) is 11.4. The summed E-state index contributed by atoms with van der Waals surface area (Å²) in [5.41, 5.74) is 8.30. The molecule has 164 valence electrons. The molecule has 1 saturated heterocycles. The molecule has 0 aliphatic carbocycles. The molecule has 3 aromatic rings. The lowest BCUT2D eigenvalue weighted by Crippen LogP contribution is -2.43. The molecule has 5 nitrogen and oxygen atoms in total. The van der Waals surface area contributed by atoms with Crippen molar-refractivity contribution in [2.24, 2.45) is 0 Å². The fraction of sp³-hybridized carbons (Fsp3) is 0.423. The third-order valence-electron chi connectivity index (χ3n) is 6.17. The number of rotatable bonds is 7. The largest absolute Gasteiger partial charge is 0.384 e. The van der Waals surface area contributed by atoms with Crippen molar-refractivity contribution in [1.29, 1.82) is 0 Å². The Morgan fingerprint density at radius 3 is 2.42 bits per heavy atom. The molecule has 2 N–H and O–H groups in total. The molecule has 0 spiro atoms. The lowest BCUT2D eigenvalue weighted by atomic mass is 10.0. The van der Waals surface area contributed by atoms with Gasteiger partial charge in [-0.15, -0.1) is 0 Å². The molecule has 1 aromatic heterocycles. The van der Waals surface area contributed by atoms with Gasteiger partial charge in [-0.05, 0) is 82.4 Å². The average molecular weight is 418 g/mol. The molecule has 1 fully saturated rings. The Morgan fingerprint density at radius 2 is 1.71 bits per heavy atom. The number of fused-ring (bicyclic) bond motifs is 1. The summed E-state index contributed by atoms with van der Waals surface area (Å²) < 4.78 is 0. The predicted octanol–water partition coefficient (Wildman–Crippen LogP) is 4.29. The molecule has 0 amide bonds. The van der Waals surface area contributed by atoms with Crippen LogP contribution >= 0.6 is 0 Å². The highest BCUT2D eigenvalue weighted by Gasteiger charge is 2.12. The van der Waals surface area contributed by atoms with E-state index >= 15 is 0 Å². The Hall–Kier alpha value is -2.63. The second kappa shape index (κ2) is 9.67. The first-order valence-corrected chi connectivity index (χ1v) is 11.4. The van der Waals surface area contributed by atoms with E-state index in [4.69, 9.17) is 4.98 Å². The summed E-state index contributed by atoms with van der Waals surface area (Å²) in [6.45, 7) is 10.6. The molecule has 1 aliphatic rings. The number of aromatic nitrogens is 1. The van der Waals surface area contributed by atoms with E-state index in [1.54, 1.807) is 0 Å². The van der Waals surface area contributed by atoms with Crippen molar-refractivity contribution >= 4 is 22.3 Å². The van der Waals surface area contributed by atoms with Gasteiger partial charge in [-0.3, -0.25) is 0 Å². The van der Waals surface area contributed by atoms with Crippen LogP contribution in [-0.4, -0.2) is 63.2 Å². The monoisotopic (exact) mass is 417 g/mol. The zero-order valence-electron chi connectivity index (χ0n) is 19.3. The van der Waals surface area contributed by atoms with Crippen LogP contribution in [0.1, 0.15) is 17.5 Å². The van der Waals surface area contributed by atoms with Crippen LogP contribution in [0.25, 0.3) is 22.2 Å². The fourth-order valence-electron chi connectivity index (χ4n) is 4.16. The van der Waals surface area contributed by atoms with Crippen LogP contribution in [0.5, 0.6) is 0 Å². The van der Waals surface area contributed by atoms with Gasteiger partial charge in [0, 0.05) is 55.0 Å². The Bertz CT molecular complexity index is 1020. The topological polar surface area (TPSA) is 43.4 Å². The van der Waals surface area contributed by atoms with Gasteiger partial charge in [-0.25, -0.2) is 4.98 Å². The van der Waals surface area contributed by atoms with E-state index in [-0.39, 0.29) is 0 Å². The second-order valence-electron chi connectivity index (χ2n) is 8.88. The van der Waals surface area contributed by atoms with E-state index in [1.165, 1.54) is 27.9 Å². The Labute approximate surface area is 186 Å². The summed E-state index contributed by atoms with van der Waals surface area (Å²) in [7, 11) is 4.24. The minimum absolute atomic E-state index is 0.950. The molecule has 0 atom stereocenters. The van der Waals surface area contributed by atoms with Crippen LogP contribution in [-0.2, 0) is 0 Å². The summed E-state index contributed by atoms with van der Waals surface area (Å²) in [6.07, 6.45) is 1.11. The Balaban J connectivity index is 1.64. The number of piperazine rings is 1. The molecule has 1 aliphatic heterocycles. The smallest absolute Gasteiger partial charge is 0.0733 e. The minimum Gasteiger partial charge on any atom is -0.384 e. The highest BCUT2D eigenvalue weighted by Crippen LogP contribution is 2.31. The van der Waals surface area contributed by atoms with Gasteiger partial charge in [0.05, 0.1) is 11.2 Å². The Morgan fingerprint density at radius 1 is 1.00 bits per heavy atom. The van der Waals surface area contributed by atoms with E-state index in [2.05, 4.69) is 90.8 Å². The van der Waals surface area contributed by atoms with E-state index < -0.39 is 0 Å². The molecule has 5 heteroatoms. The van der Waals surface area contributed by atoms with E-state index in [0.29, 0.717) is 0 Å². The molecular weight excluding hydrogens is 382 g/mol. The maximum atomic E-state index is 5.03. The van der Waals surface area contributed by atoms with Crippen LogP contribution < -0.4 is 15.5 Å². The van der Waals surface area contributed by atoms with Gasteiger partial charge in [0.2, 0.25) is 0 Å². The van der Waals surface area contributed by atoms with Crippen molar-refractivity contribution in [2.45, 2.75) is 20.3 Å². The number of aryl methyl sites for hydroxylation is 2. The van der Waals surface area contributed by atoms with Gasteiger partial charge in [0.25, 0.3) is 0 Å². The van der Waals surface area contributed by atoms with Crippen molar-refractivity contribution in [1.82, 2.24) is 15.2 Å². The van der Waals surface area contributed by atoms with Crippen molar-refractivity contribution < 1.29 is 0 Å². The lowest BCUT2D eigenvalue weighted by molar-refractivity contribution is 0.405. The maximum Gasteiger partial charge on any atom is 0.0733 e. The standard InChI is InChI=1S/C26H35N5/c1-19-16-23-25(28-10-5-13-30(3)4)18-24(29-26(23)17-20(19)2)21-6-8-22(9-7-21)31-14-11-27-12-15-31/h6-9,16-18,27H,5,10-15H2,1-4H3,(H,28,29). The van der Waals surface area contributed by atoms with Crippen LogP contribution in [0.4, 0.5) is 11.4 Å². The molecule has 31 heavy (non-hydrogen) atoms. The molecule has 2 aromatic carbocycles. The molecule has 4 rings (SSSR count). The Kier molecular flexibility index (Phi) is 6.73. The second-order valence-corrected chi connectivity index (χ2v) is 8.88. The van der Waals surface area contributed by atoms with Gasteiger partial charge in [0.1, 0.15) is 0 Å². The number of anilines is 2. The third kappa shape index (κ3) is 5.17. The lowest BCUT2D eigenvalue weighted by Gasteiger charge is -2.29. The quantitative estimate of drug-likeness (QED) is 0.562. The number of pyridine rings is 1. The summed E-state index contributed by atoms with van der Waals surface area (Å²) in [5, 5.41) is 8.30. The number of hydrogen-bond acceptors (Lipinski definition) is 5. The van der Waals surface area contributed by atoms with Crippen LogP contribution in [0.2, 0.25) is 0 Å². The van der Waals surface area contributed by atoms with Crippen molar-refractivity contribution in [3.05, 3.63) is 53.6 Å². The van der Waals surface area contributed by atoms with Gasteiger partial charge in [0.15, 0.2) is 0 Å². The van der Waals surface area contributed by atoms with E-state index in [1.807, 2.05) is 0 Å². The van der Waals surface area contributed by atoms with Gasteiger partial charge < -0.3 is 20.4 Å². The number of nitrogens with one attached hydrogen (secondary N) is 2. The number of benzene rings is 2. The average Bonchev–Trinajstić information content (AvgIpc) is 2.78. The summed E-state index contributed by atoms with van der Waals surface area (Å²) in [6, 6.07) is 15.6. The molecule has 0 unspecified atom stereocenters. The fourth-order valence-corrected chi connectivity index (χ4v) is 4.16. The SMILES string of the molecule is Cc1cc2nc(-c3ccc(N4CCNCC4)cc3)cc(NCCCN(C)C)c2cc1C. The minimum atomic E-state index is 0.950. The summed E-state index contributed by atoms with van der Waals surface area (Å²) in [4.78, 5) is 9.70. The van der Waals surface area contributed by atoms with E-state index in [0.717, 1.165) is 62.5 Å². The van der Waals surface area contributed by atoms with Crippen LogP contribution in [0.3, 0.4) is 0 Å². The van der Waals surface area contributed by atoms with Crippen molar-refractivity contribution in [3.63, 3.8) is 0 Å². The van der Waals surface area contributed by atoms with Gasteiger partial charge in [-0.1, -0.05) is 12.1 Å². The molecule has 2 heterocycles. The first-order chi connectivity index (χ1) is 15.0. The normalized spacial score (nSPS) is 14.4. The zero-order valence-corrected chi connectivity index (χ0v) is 19.3. The number of nitrogens with zero attached hydrogens (tertiary/aromatic N) is 3. The van der Waals surface area contributed by atoms with Gasteiger partial charge in [-0.2, -0.15) is 0 Å². The highest BCUT2D eigenvalue weighted by molar-refractivity contribution is 5.94. The molecular formula is C26H35N5. The number of hydrogen-bond donors (Lipinski definition) is 2. The molecule has 0 bridgehead atoms. The zero-order chi connectivity index (χ0) is 21.8. The van der Waals surface area contributed by atoms with Crippen molar-refractivity contribution in [2.75, 3.05) is 63.6 Å². The van der Waals surface area contributed by atoms with Gasteiger partial charge >= 0.3 is 0 Å².